The monoisotopic (exact) mass is 317 g/mol. The zero-order chi connectivity index (χ0) is 10.3. The first-order valence-electron chi connectivity index (χ1n) is 3.43. The van der Waals surface area contributed by atoms with Crippen LogP contribution in [0.5, 0.6) is 0 Å². The van der Waals surface area contributed by atoms with Crippen molar-refractivity contribution >= 4 is 59.7 Å². The van der Waals surface area contributed by atoms with Crippen LogP contribution < -0.4 is 18.9 Å². The Kier molecular flexibility index (Phi) is 4.65. The number of hydrogen-bond acceptors (Lipinski definition) is 5. The Balaban J connectivity index is 0.00000112. The molecule has 0 amide bonds. The summed E-state index contributed by atoms with van der Waals surface area (Å²) in [5.74, 6) is 0. The molecule has 0 unspecified atom stereocenters. The minimum atomic E-state index is -2.31. The summed E-state index contributed by atoms with van der Waals surface area (Å²) < 4.78 is 23.2. The molecule has 0 fully saturated rings. The molecule has 3 nitrogen and oxygen atoms in total. The van der Waals surface area contributed by atoms with Crippen molar-refractivity contribution in [2.45, 2.75) is 4.90 Å². The second-order valence-electron chi connectivity index (χ2n) is 2.41. The molecular formula is C7H2BrClLiNO2S2. The van der Waals surface area contributed by atoms with Crippen molar-refractivity contribution in [1.82, 2.24) is 4.98 Å². The van der Waals surface area contributed by atoms with E-state index in [2.05, 4.69) is 20.9 Å². The molecule has 0 aliphatic heterocycles. The molecule has 74 valence electrons. The Morgan fingerprint density at radius 2 is 2.13 bits per heavy atom. The van der Waals surface area contributed by atoms with Crippen LogP contribution in [0.15, 0.2) is 20.9 Å². The van der Waals surface area contributed by atoms with Gasteiger partial charge in [0.25, 0.3) is 0 Å². The zero-order valence-corrected chi connectivity index (χ0v) is 11.5. The van der Waals surface area contributed by atoms with Crippen LogP contribution in [0.4, 0.5) is 0 Å². The first kappa shape index (κ1) is 13.5. The number of rotatable bonds is 1. The maximum atomic E-state index is 10.9. The summed E-state index contributed by atoms with van der Waals surface area (Å²) in [4.78, 5) is 4.03. The summed E-state index contributed by atoms with van der Waals surface area (Å²) in [6.45, 7) is 0. The Bertz CT molecular complexity index is 576. The fraction of sp³-hybridized carbons (Fsp3) is 0. The molecule has 0 N–H and O–H groups in total. The molecule has 0 aliphatic carbocycles. The van der Waals surface area contributed by atoms with Gasteiger partial charge in [-0.2, -0.15) is 0 Å². The fourth-order valence-corrected chi connectivity index (χ4v) is 4.30. The van der Waals surface area contributed by atoms with E-state index in [0.717, 1.165) is 4.70 Å². The number of aromatic nitrogens is 1. The maximum Gasteiger partial charge on any atom is 1.00 e. The SMILES string of the molecule is O=[S-](=O)c1c(Br)sc2ccnc(Cl)c12.[Li+]. The second kappa shape index (κ2) is 5.17. The van der Waals surface area contributed by atoms with Gasteiger partial charge in [-0.25, -0.2) is 4.98 Å². The number of fused-ring (bicyclic) bond motifs is 1. The summed E-state index contributed by atoms with van der Waals surface area (Å²) in [5, 5.41) is 0.697. The van der Waals surface area contributed by atoms with Gasteiger partial charge in [0.1, 0.15) is 5.15 Å². The van der Waals surface area contributed by atoms with Crippen LogP contribution in [0.2, 0.25) is 5.15 Å². The number of nitrogens with zero attached hydrogens (tertiary/aromatic N) is 1. The van der Waals surface area contributed by atoms with Gasteiger partial charge in [-0.3, -0.25) is 0 Å². The van der Waals surface area contributed by atoms with Crippen LogP contribution >= 0.6 is 38.9 Å². The predicted molar refractivity (Wildman–Crippen MR) is 59.3 cm³/mol. The van der Waals surface area contributed by atoms with Crippen molar-refractivity contribution in [3.63, 3.8) is 0 Å². The molecule has 0 bridgehead atoms. The smallest absolute Gasteiger partial charge is 0.420 e. The van der Waals surface area contributed by atoms with E-state index in [-0.39, 0.29) is 28.9 Å². The van der Waals surface area contributed by atoms with Gasteiger partial charge < -0.3 is 8.42 Å². The molecule has 0 aromatic carbocycles. The molecule has 0 aliphatic rings. The molecular weight excluding hydrogens is 317 g/mol. The van der Waals surface area contributed by atoms with E-state index in [1.165, 1.54) is 11.3 Å². The molecule has 8 heteroatoms. The Labute approximate surface area is 117 Å². The minimum Gasteiger partial charge on any atom is -0.420 e. The molecule has 2 rings (SSSR count). The van der Waals surface area contributed by atoms with Crippen molar-refractivity contribution in [3.8, 4) is 0 Å². The second-order valence-corrected chi connectivity index (χ2v) is 6.02. The van der Waals surface area contributed by atoms with Crippen molar-refractivity contribution in [3.05, 3.63) is 21.2 Å². The average molecular weight is 319 g/mol. The van der Waals surface area contributed by atoms with E-state index in [1.54, 1.807) is 12.3 Å². The predicted octanol–water partition coefficient (Wildman–Crippen LogP) is 0.384. The van der Waals surface area contributed by atoms with Crippen molar-refractivity contribution in [2.24, 2.45) is 0 Å². The molecule has 0 atom stereocenters. The number of pyridine rings is 1. The zero-order valence-electron chi connectivity index (χ0n) is 7.49. The molecule has 15 heavy (non-hydrogen) atoms. The van der Waals surface area contributed by atoms with Crippen molar-refractivity contribution in [2.75, 3.05) is 0 Å². The first-order chi connectivity index (χ1) is 6.61. The van der Waals surface area contributed by atoms with Crippen LogP contribution in [0.25, 0.3) is 10.1 Å². The third kappa shape index (κ3) is 2.41. The van der Waals surface area contributed by atoms with E-state index in [0.29, 0.717) is 9.17 Å². The summed E-state index contributed by atoms with van der Waals surface area (Å²) in [7, 11) is -2.31. The minimum absolute atomic E-state index is 0. The summed E-state index contributed by atoms with van der Waals surface area (Å²) in [6, 6.07) is 1.73. The molecule has 0 saturated heterocycles. The van der Waals surface area contributed by atoms with E-state index in [4.69, 9.17) is 11.6 Å². The van der Waals surface area contributed by atoms with E-state index < -0.39 is 10.7 Å². The van der Waals surface area contributed by atoms with Crippen LogP contribution in [0.1, 0.15) is 0 Å². The molecule has 0 spiro atoms. The van der Waals surface area contributed by atoms with E-state index >= 15 is 0 Å². The van der Waals surface area contributed by atoms with Gasteiger partial charge in [0.2, 0.25) is 0 Å². The number of halogens is 2. The van der Waals surface area contributed by atoms with Gasteiger partial charge in [-0.05, 0) is 37.6 Å². The Morgan fingerprint density at radius 3 is 2.73 bits per heavy atom. The summed E-state index contributed by atoms with van der Waals surface area (Å²) >= 11 is 10.3. The molecule has 0 radical (unpaired) electrons. The number of hydrogen-bond donors (Lipinski definition) is 0. The molecule has 2 aromatic rings. The Hall–Kier alpha value is 0.427. The third-order valence-corrected chi connectivity index (χ3v) is 4.88. The topological polar surface area (TPSA) is 47.0 Å². The molecule has 2 heterocycles. The van der Waals surface area contributed by atoms with Gasteiger partial charge in [-0.1, -0.05) is 11.6 Å². The fourth-order valence-electron chi connectivity index (χ4n) is 1.10. The average Bonchev–Trinajstić information content (AvgIpc) is 2.42. The number of thiophene rings is 1. The van der Waals surface area contributed by atoms with Crippen LogP contribution in [-0.4, -0.2) is 4.98 Å². The van der Waals surface area contributed by atoms with Gasteiger partial charge in [0, 0.05) is 16.3 Å². The van der Waals surface area contributed by atoms with Crippen molar-refractivity contribution in [1.29, 1.82) is 0 Å². The third-order valence-electron chi connectivity index (χ3n) is 1.64. The van der Waals surface area contributed by atoms with Crippen LogP contribution in [0, 0.1) is 0 Å². The summed E-state index contributed by atoms with van der Waals surface area (Å²) in [5.41, 5.74) is 0. The van der Waals surface area contributed by atoms with Crippen LogP contribution in [-0.2, 0) is 19.1 Å². The van der Waals surface area contributed by atoms with Gasteiger partial charge >= 0.3 is 18.9 Å². The standard InChI is InChI=1S/C7H2BrClNO2S2.Li/c8-6-5(14(11)12)4-3(13-6)1-2-10-7(4)9;/h1-2H;/q-1;+1. The van der Waals surface area contributed by atoms with E-state index in [9.17, 15) is 8.42 Å². The van der Waals surface area contributed by atoms with Crippen molar-refractivity contribution < 1.29 is 27.3 Å². The molecule has 0 saturated carbocycles. The summed E-state index contributed by atoms with van der Waals surface area (Å²) in [6.07, 6.45) is 1.55. The van der Waals surface area contributed by atoms with Gasteiger partial charge in [0.15, 0.2) is 0 Å². The van der Waals surface area contributed by atoms with Crippen LogP contribution in [0.3, 0.4) is 0 Å². The Morgan fingerprint density at radius 1 is 1.47 bits per heavy atom. The van der Waals surface area contributed by atoms with Gasteiger partial charge in [0.05, 0.1) is 3.79 Å². The maximum absolute atomic E-state index is 10.9. The first-order valence-corrected chi connectivity index (χ1v) is 6.49. The quantitative estimate of drug-likeness (QED) is 0.434. The molecule has 2 aromatic heterocycles. The van der Waals surface area contributed by atoms with Gasteiger partial charge in [-0.15, -0.1) is 11.3 Å². The largest absolute Gasteiger partial charge is 1.00 e. The normalized spacial score (nSPS) is 10.6. The van der Waals surface area contributed by atoms with E-state index in [1.807, 2.05) is 0 Å².